The number of rotatable bonds is 3. The number of ether oxygens (including phenoxy) is 1. The van der Waals surface area contributed by atoms with Gasteiger partial charge in [-0.25, -0.2) is 4.79 Å². The Bertz CT molecular complexity index is 1010. The molecule has 1 aliphatic carbocycles. The molecule has 144 valence electrons. The smallest absolute Gasteiger partial charge is 0.354 e. The molecular weight excluding hydrogens is 348 g/mol. The number of hydrogen-bond acceptors (Lipinski definition) is 3. The van der Waals surface area contributed by atoms with Gasteiger partial charge in [-0.2, -0.15) is 0 Å². The standard InChI is InChI=1S/C24H26N2O2/c1-28-24(27)22-14-20-18-10-12-23-19(17(18)9-11-21(20)25-22)8-5-13-26(23)15-16-6-3-2-4-7-16/h2-4,6-7,9,11,14,19,23,25H,5,8,10,12-13,15H2,1H3/t19-,23-/m1/s1. The number of benzene rings is 2. The van der Waals surface area contributed by atoms with Gasteiger partial charge in [0.15, 0.2) is 0 Å². The van der Waals surface area contributed by atoms with Crippen molar-refractivity contribution < 1.29 is 9.53 Å². The Morgan fingerprint density at radius 2 is 2.04 bits per heavy atom. The molecule has 3 aromatic rings. The van der Waals surface area contributed by atoms with E-state index >= 15 is 0 Å². The highest BCUT2D eigenvalue weighted by molar-refractivity contribution is 5.96. The first kappa shape index (κ1) is 17.5. The first-order chi connectivity index (χ1) is 13.7. The number of fused-ring (bicyclic) bond motifs is 5. The molecule has 1 N–H and O–H groups in total. The van der Waals surface area contributed by atoms with E-state index in [0.29, 0.717) is 17.7 Å². The van der Waals surface area contributed by atoms with Crippen LogP contribution in [0.2, 0.25) is 0 Å². The summed E-state index contributed by atoms with van der Waals surface area (Å²) < 4.78 is 4.89. The molecule has 28 heavy (non-hydrogen) atoms. The summed E-state index contributed by atoms with van der Waals surface area (Å²) in [6.07, 6.45) is 4.74. The van der Waals surface area contributed by atoms with Gasteiger partial charge in [-0.15, -0.1) is 0 Å². The van der Waals surface area contributed by atoms with Crippen LogP contribution in [0.3, 0.4) is 0 Å². The zero-order valence-electron chi connectivity index (χ0n) is 16.3. The molecule has 0 unspecified atom stereocenters. The van der Waals surface area contributed by atoms with Crippen molar-refractivity contribution in [3.8, 4) is 0 Å². The second-order valence-electron chi connectivity index (χ2n) is 8.08. The summed E-state index contributed by atoms with van der Waals surface area (Å²) in [6, 6.07) is 17.8. The fourth-order valence-corrected chi connectivity index (χ4v) is 5.31. The summed E-state index contributed by atoms with van der Waals surface area (Å²) in [4.78, 5) is 17.8. The lowest BCUT2D eigenvalue weighted by molar-refractivity contribution is 0.0595. The van der Waals surface area contributed by atoms with Gasteiger partial charge in [0.25, 0.3) is 0 Å². The van der Waals surface area contributed by atoms with E-state index in [1.807, 2.05) is 6.07 Å². The van der Waals surface area contributed by atoms with Crippen LogP contribution < -0.4 is 0 Å². The number of aryl methyl sites for hydroxylation is 1. The molecule has 0 bridgehead atoms. The number of piperidine rings is 1. The van der Waals surface area contributed by atoms with E-state index in [0.717, 1.165) is 18.5 Å². The largest absolute Gasteiger partial charge is 0.464 e. The summed E-state index contributed by atoms with van der Waals surface area (Å²) >= 11 is 0. The van der Waals surface area contributed by atoms with Crippen LogP contribution in [-0.2, 0) is 17.7 Å². The summed E-state index contributed by atoms with van der Waals surface area (Å²) in [7, 11) is 1.43. The number of H-pyrrole nitrogens is 1. The zero-order valence-corrected chi connectivity index (χ0v) is 16.3. The highest BCUT2D eigenvalue weighted by atomic mass is 16.5. The number of hydrogen-bond donors (Lipinski definition) is 1. The van der Waals surface area contributed by atoms with E-state index in [9.17, 15) is 4.79 Å². The van der Waals surface area contributed by atoms with Gasteiger partial charge in [0.1, 0.15) is 5.69 Å². The molecule has 1 saturated heterocycles. The SMILES string of the molecule is COC(=O)c1cc2c3c(ccc2[nH]1)[C@H]1CCCN(Cc2ccccc2)[C@@H]1CC3. The number of methoxy groups -OCH3 is 1. The van der Waals surface area contributed by atoms with Gasteiger partial charge in [0, 0.05) is 23.5 Å². The van der Waals surface area contributed by atoms with Crippen LogP contribution in [0.5, 0.6) is 0 Å². The van der Waals surface area contributed by atoms with E-state index in [1.165, 1.54) is 55.0 Å². The van der Waals surface area contributed by atoms with Crippen LogP contribution in [0.1, 0.15) is 52.4 Å². The van der Waals surface area contributed by atoms with Gasteiger partial charge >= 0.3 is 5.97 Å². The van der Waals surface area contributed by atoms with Gasteiger partial charge in [-0.3, -0.25) is 4.90 Å². The van der Waals surface area contributed by atoms with E-state index < -0.39 is 0 Å². The van der Waals surface area contributed by atoms with Crippen molar-refractivity contribution in [1.82, 2.24) is 9.88 Å². The fraction of sp³-hybridized carbons (Fsp3) is 0.375. The van der Waals surface area contributed by atoms with Gasteiger partial charge < -0.3 is 9.72 Å². The van der Waals surface area contributed by atoms with E-state index in [4.69, 9.17) is 4.74 Å². The summed E-state index contributed by atoms with van der Waals surface area (Å²) in [6.45, 7) is 2.22. The van der Waals surface area contributed by atoms with Crippen LogP contribution in [-0.4, -0.2) is 35.5 Å². The highest BCUT2D eigenvalue weighted by Crippen LogP contribution is 2.43. The molecule has 0 radical (unpaired) electrons. The lowest BCUT2D eigenvalue weighted by Crippen LogP contribution is -2.45. The third-order valence-corrected chi connectivity index (χ3v) is 6.57. The molecule has 5 rings (SSSR count). The molecule has 0 amide bonds. The van der Waals surface area contributed by atoms with Crippen LogP contribution in [0.25, 0.3) is 10.9 Å². The minimum atomic E-state index is -0.301. The molecule has 2 atom stereocenters. The maximum atomic E-state index is 11.9. The summed E-state index contributed by atoms with van der Waals surface area (Å²) in [5.41, 5.74) is 5.89. The summed E-state index contributed by atoms with van der Waals surface area (Å²) in [5.74, 6) is 0.285. The van der Waals surface area contributed by atoms with Gasteiger partial charge in [0.05, 0.1) is 7.11 Å². The molecule has 2 aromatic carbocycles. The topological polar surface area (TPSA) is 45.3 Å². The number of likely N-dealkylation sites (tertiary alicyclic amines) is 1. The van der Waals surface area contributed by atoms with E-state index in [1.54, 1.807) is 0 Å². The van der Waals surface area contributed by atoms with Gasteiger partial charge in [-0.1, -0.05) is 36.4 Å². The van der Waals surface area contributed by atoms with E-state index in [2.05, 4.69) is 52.3 Å². The normalized spacial score (nSPS) is 21.9. The maximum Gasteiger partial charge on any atom is 0.354 e. The Morgan fingerprint density at radius 3 is 2.86 bits per heavy atom. The lowest BCUT2D eigenvalue weighted by atomic mass is 9.73. The Hall–Kier alpha value is -2.59. The molecule has 0 spiro atoms. The molecular formula is C24H26N2O2. The average Bonchev–Trinajstić information content (AvgIpc) is 3.18. The molecule has 4 nitrogen and oxygen atoms in total. The number of nitrogens with zero attached hydrogens (tertiary/aromatic N) is 1. The Labute approximate surface area is 165 Å². The third-order valence-electron chi connectivity index (χ3n) is 6.57. The second-order valence-corrected chi connectivity index (χ2v) is 8.08. The minimum absolute atomic E-state index is 0.301. The molecule has 0 saturated carbocycles. The summed E-state index contributed by atoms with van der Waals surface area (Å²) in [5, 5.41) is 1.19. The van der Waals surface area contributed by atoms with Gasteiger partial charge in [-0.05, 0) is 67.0 Å². The van der Waals surface area contributed by atoms with Crippen molar-refractivity contribution >= 4 is 16.9 Å². The number of esters is 1. The monoisotopic (exact) mass is 374 g/mol. The highest BCUT2D eigenvalue weighted by Gasteiger charge is 2.37. The molecule has 2 heterocycles. The number of aromatic amines is 1. The number of carbonyl (C=O) groups is 1. The van der Waals surface area contributed by atoms with Crippen LogP contribution in [0, 0.1) is 0 Å². The fourth-order valence-electron chi connectivity index (χ4n) is 5.31. The second kappa shape index (κ2) is 7.10. The quantitative estimate of drug-likeness (QED) is 0.679. The van der Waals surface area contributed by atoms with Crippen molar-refractivity contribution in [2.75, 3.05) is 13.7 Å². The molecule has 1 aliphatic heterocycles. The number of carbonyl (C=O) groups excluding carboxylic acids is 1. The first-order valence-corrected chi connectivity index (χ1v) is 10.3. The van der Waals surface area contributed by atoms with Crippen LogP contribution in [0.4, 0.5) is 0 Å². The van der Waals surface area contributed by atoms with Crippen molar-refractivity contribution in [1.29, 1.82) is 0 Å². The van der Waals surface area contributed by atoms with Crippen LogP contribution in [0.15, 0.2) is 48.5 Å². The molecule has 1 aromatic heterocycles. The third kappa shape index (κ3) is 2.92. The van der Waals surface area contributed by atoms with Crippen molar-refractivity contribution in [2.45, 2.75) is 44.2 Å². The van der Waals surface area contributed by atoms with Crippen molar-refractivity contribution in [3.63, 3.8) is 0 Å². The predicted octanol–water partition coefficient (Wildman–Crippen LogP) is 4.65. The Balaban J connectivity index is 1.48. The van der Waals surface area contributed by atoms with E-state index in [-0.39, 0.29) is 5.97 Å². The Morgan fingerprint density at radius 1 is 1.18 bits per heavy atom. The average molecular weight is 374 g/mol. The predicted molar refractivity (Wildman–Crippen MR) is 111 cm³/mol. The number of aromatic nitrogens is 1. The number of nitrogens with one attached hydrogen (secondary N) is 1. The lowest BCUT2D eigenvalue weighted by Gasteiger charge is -2.45. The molecule has 2 aliphatic rings. The minimum Gasteiger partial charge on any atom is -0.464 e. The molecule has 4 heteroatoms. The first-order valence-electron chi connectivity index (χ1n) is 10.3. The Kier molecular flexibility index (Phi) is 4.44. The molecule has 1 fully saturated rings. The van der Waals surface area contributed by atoms with Crippen molar-refractivity contribution in [2.24, 2.45) is 0 Å². The maximum absolute atomic E-state index is 11.9. The zero-order chi connectivity index (χ0) is 19.1. The van der Waals surface area contributed by atoms with Gasteiger partial charge in [0.2, 0.25) is 0 Å². The van der Waals surface area contributed by atoms with Crippen LogP contribution >= 0.6 is 0 Å². The van der Waals surface area contributed by atoms with Crippen molar-refractivity contribution in [3.05, 3.63) is 70.9 Å².